The standard InChI is InChI=1S/C18H29N3O2SSi/c1-11(15(24)16-19-8-7-9-20-16)14-13(17(22)21-14)12(18(2,3)4)10-23-25(5)6/h7-9,11-14,25H,10H2,1-6H3,(H,21,22)/t11-,12-,13+,14-/m1/s1. The van der Waals surface area contributed by atoms with Gasteiger partial charge in [-0.15, -0.1) is 0 Å². The molecule has 0 radical (unpaired) electrons. The Bertz CT molecular complexity index is 618. The fourth-order valence-corrected chi connectivity index (χ4v) is 4.11. The molecule has 1 fully saturated rings. The maximum absolute atomic E-state index is 12.4. The maximum atomic E-state index is 12.4. The predicted octanol–water partition coefficient (Wildman–Crippen LogP) is 2.61. The van der Waals surface area contributed by atoms with E-state index in [1.165, 1.54) is 0 Å². The van der Waals surface area contributed by atoms with E-state index in [0.29, 0.717) is 17.3 Å². The lowest BCUT2D eigenvalue weighted by Crippen LogP contribution is -2.66. The molecule has 2 rings (SSSR count). The highest BCUT2D eigenvalue weighted by Crippen LogP contribution is 2.40. The molecule has 25 heavy (non-hydrogen) atoms. The molecule has 0 unspecified atom stereocenters. The highest BCUT2D eigenvalue weighted by Gasteiger charge is 2.51. The zero-order valence-corrected chi connectivity index (χ0v) is 17.9. The van der Waals surface area contributed by atoms with Crippen LogP contribution in [0.2, 0.25) is 13.1 Å². The topological polar surface area (TPSA) is 64.1 Å². The molecule has 1 aliphatic heterocycles. The van der Waals surface area contributed by atoms with Gasteiger partial charge in [-0.3, -0.25) is 4.79 Å². The van der Waals surface area contributed by atoms with Gasteiger partial charge in [-0.2, -0.15) is 0 Å². The Morgan fingerprint density at radius 3 is 2.44 bits per heavy atom. The van der Waals surface area contributed by atoms with Crippen LogP contribution in [0.15, 0.2) is 18.5 Å². The number of carbonyl (C=O) groups excluding carboxylic acids is 1. The molecule has 0 bridgehead atoms. The van der Waals surface area contributed by atoms with E-state index >= 15 is 0 Å². The Kier molecular flexibility index (Phi) is 6.45. The van der Waals surface area contributed by atoms with E-state index in [-0.39, 0.29) is 35.1 Å². The first kappa shape index (κ1) is 20.1. The van der Waals surface area contributed by atoms with Crippen LogP contribution in [0.4, 0.5) is 0 Å². The first-order valence-electron chi connectivity index (χ1n) is 8.86. The van der Waals surface area contributed by atoms with Gasteiger partial charge in [0.2, 0.25) is 5.91 Å². The minimum absolute atomic E-state index is 0.00115. The van der Waals surface area contributed by atoms with E-state index in [1.54, 1.807) is 18.5 Å². The van der Waals surface area contributed by atoms with Gasteiger partial charge in [0.25, 0.3) is 0 Å². The van der Waals surface area contributed by atoms with Crippen molar-refractivity contribution < 1.29 is 9.22 Å². The van der Waals surface area contributed by atoms with E-state index in [0.717, 1.165) is 0 Å². The number of thiocarbonyl (C=S) groups is 1. The molecule has 0 saturated carbocycles. The Labute approximate surface area is 157 Å². The van der Waals surface area contributed by atoms with Crippen molar-refractivity contribution in [3.63, 3.8) is 0 Å². The van der Waals surface area contributed by atoms with Crippen LogP contribution in [-0.4, -0.2) is 42.4 Å². The van der Waals surface area contributed by atoms with Crippen molar-refractivity contribution in [3.8, 4) is 0 Å². The molecule has 1 aromatic rings. The Morgan fingerprint density at radius 2 is 1.96 bits per heavy atom. The largest absolute Gasteiger partial charge is 0.420 e. The fourth-order valence-electron chi connectivity index (χ4n) is 3.27. The third kappa shape index (κ3) is 4.71. The Balaban J connectivity index is 2.18. The van der Waals surface area contributed by atoms with Crippen molar-refractivity contribution in [2.24, 2.45) is 23.2 Å². The van der Waals surface area contributed by atoms with Crippen molar-refractivity contribution in [2.75, 3.05) is 6.61 Å². The van der Waals surface area contributed by atoms with Crippen LogP contribution in [0.5, 0.6) is 0 Å². The zero-order valence-electron chi connectivity index (χ0n) is 15.9. The van der Waals surface area contributed by atoms with E-state index in [1.807, 2.05) is 6.92 Å². The van der Waals surface area contributed by atoms with Crippen LogP contribution in [0, 0.1) is 23.2 Å². The lowest BCUT2D eigenvalue weighted by Gasteiger charge is -2.48. The molecule has 1 N–H and O–H groups in total. The molecular formula is C18H29N3O2SSi. The SMILES string of the molecule is C[C@@H](C(=S)c1ncccn1)[C@H]1NC(=O)[C@H]1[C@@H](CO[SiH](C)C)C(C)(C)C. The summed E-state index contributed by atoms with van der Waals surface area (Å²) in [6.07, 6.45) is 3.38. The summed E-state index contributed by atoms with van der Waals surface area (Å²) in [5.41, 5.74) is -0.0193. The molecule has 1 aliphatic rings. The van der Waals surface area contributed by atoms with Gasteiger partial charge in [-0.05, 0) is 30.5 Å². The van der Waals surface area contributed by atoms with Gasteiger partial charge in [0.1, 0.15) is 0 Å². The van der Waals surface area contributed by atoms with Crippen molar-refractivity contribution in [2.45, 2.75) is 46.8 Å². The van der Waals surface area contributed by atoms with Gasteiger partial charge >= 0.3 is 0 Å². The second-order valence-electron chi connectivity index (χ2n) is 8.14. The predicted molar refractivity (Wildman–Crippen MR) is 106 cm³/mol. The third-order valence-electron chi connectivity index (χ3n) is 4.89. The second kappa shape index (κ2) is 8.01. The molecule has 1 aromatic heterocycles. The summed E-state index contributed by atoms with van der Waals surface area (Å²) < 4.78 is 6.01. The fraction of sp³-hybridized carbons (Fsp3) is 0.667. The van der Waals surface area contributed by atoms with Gasteiger partial charge in [-0.1, -0.05) is 39.9 Å². The van der Waals surface area contributed by atoms with Crippen LogP contribution in [0.25, 0.3) is 0 Å². The van der Waals surface area contributed by atoms with Crippen molar-refractivity contribution >= 4 is 32.0 Å². The monoisotopic (exact) mass is 379 g/mol. The second-order valence-corrected chi connectivity index (χ2v) is 11.0. The highest BCUT2D eigenvalue weighted by atomic mass is 32.1. The summed E-state index contributed by atoms with van der Waals surface area (Å²) in [5.74, 6) is 0.736. The van der Waals surface area contributed by atoms with Crippen LogP contribution in [-0.2, 0) is 9.22 Å². The molecule has 1 amide bonds. The van der Waals surface area contributed by atoms with E-state index in [2.05, 4.69) is 49.1 Å². The molecule has 0 aliphatic carbocycles. The van der Waals surface area contributed by atoms with Gasteiger partial charge in [-0.25, -0.2) is 9.97 Å². The normalized spacial score (nSPS) is 22.9. The van der Waals surface area contributed by atoms with Gasteiger partial charge in [0, 0.05) is 31.0 Å². The molecule has 138 valence electrons. The van der Waals surface area contributed by atoms with Gasteiger partial charge < -0.3 is 9.74 Å². The first-order valence-corrected chi connectivity index (χ1v) is 12.0. The number of amides is 1. The molecule has 7 heteroatoms. The number of rotatable bonds is 7. The number of hydrogen-bond acceptors (Lipinski definition) is 5. The van der Waals surface area contributed by atoms with Crippen molar-refractivity contribution in [3.05, 3.63) is 24.3 Å². The number of β-lactam (4-membered cyclic amide) rings is 1. The summed E-state index contributed by atoms with van der Waals surface area (Å²) >= 11 is 5.60. The minimum Gasteiger partial charge on any atom is -0.420 e. The van der Waals surface area contributed by atoms with Crippen LogP contribution in [0.1, 0.15) is 33.5 Å². The third-order valence-corrected chi connectivity index (χ3v) is 6.31. The van der Waals surface area contributed by atoms with E-state index in [4.69, 9.17) is 16.6 Å². The molecule has 1 saturated heterocycles. The highest BCUT2D eigenvalue weighted by molar-refractivity contribution is 7.80. The summed E-state index contributed by atoms with van der Waals surface area (Å²) in [5, 5.41) is 3.06. The molecule has 5 nitrogen and oxygen atoms in total. The number of hydrogen-bond donors (Lipinski definition) is 1. The molecule has 0 spiro atoms. The van der Waals surface area contributed by atoms with Crippen LogP contribution in [0.3, 0.4) is 0 Å². The van der Waals surface area contributed by atoms with Crippen molar-refractivity contribution in [1.82, 2.24) is 15.3 Å². The van der Waals surface area contributed by atoms with Crippen molar-refractivity contribution in [1.29, 1.82) is 0 Å². The average molecular weight is 380 g/mol. The smallest absolute Gasteiger partial charge is 0.225 e. The number of nitrogens with zero attached hydrogens (tertiary/aromatic N) is 2. The van der Waals surface area contributed by atoms with Gasteiger partial charge in [0.05, 0.1) is 10.8 Å². The van der Waals surface area contributed by atoms with Crippen LogP contribution < -0.4 is 5.32 Å². The quantitative estimate of drug-likeness (QED) is 0.341. The molecule has 2 heterocycles. The number of nitrogens with one attached hydrogen (secondary N) is 1. The van der Waals surface area contributed by atoms with Gasteiger partial charge in [0.15, 0.2) is 14.9 Å². The lowest BCUT2D eigenvalue weighted by molar-refractivity contribution is -0.143. The summed E-state index contributed by atoms with van der Waals surface area (Å²) in [6, 6.07) is 1.78. The number of carbonyl (C=O) groups is 1. The van der Waals surface area contributed by atoms with E-state index in [9.17, 15) is 4.79 Å². The number of aromatic nitrogens is 2. The average Bonchev–Trinajstić information content (AvgIpc) is 2.54. The first-order chi connectivity index (χ1) is 11.6. The lowest BCUT2D eigenvalue weighted by atomic mass is 9.65. The summed E-state index contributed by atoms with van der Waals surface area (Å²) in [6.45, 7) is 13.5. The minimum atomic E-state index is -1.14. The Hall–Kier alpha value is -1.18. The molecule has 4 atom stereocenters. The maximum Gasteiger partial charge on any atom is 0.225 e. The van der Waals surface area contributed by atoms with Crippen LogP contribution >= 0.6 is 12.2 Å². The summed E-state index contributed by atoms with van der Waals surface area (Å²) in [7, 11) is -1.14. The zero-order chi connectivity index (χ0) is 18.8. The Morgan fingerprint density at radius 1 is 1.36 bits per heavy atom. The van der Waals surface area contributed by atoms with E-state index < -0.39 is 9.04 Å². The summed E-state index contributed by atoms with van der Waals surface area (Å²) in [4.78, 5) is 21.6. The molecule has 0 aromatic carbocycles. The molecular weight excluding hydrogens is 350 g/mol.